The van der Waals surface area contributed by atoms with Crippen LogP contribution in [-0.2, 0) is 12.0 Å². The monoisotopic (exact) mass is 725 g/mol. The standard InChI is InChI=1S/C24H23I3O2/c1-15-11-20(29-14-16-12-18(25)13-21(26)23(16)28)9-10-22(15)27-19-7-5-17(6-8-19)24(2,3)4/h5-13H,14H2,1-4H3/p+1. The van der Waals surface area contributed by atoms with Gasteiger partial charge in [-0.2, -0.15) is 0 Å². The number of hydrogen-bond acceptors (Lipinski definition) is 2. The predicted molar refractivity (Wildman–Crippen MR) is 132 cm³/mol. The van der Waals surface area contributed by atoms with Crippen molar-refractivity contribution in [3.8, 4) is 11.5 Å². The third kappa shape index (κ3) is 6.22. The molecule has 3 aromatic rings. The van der Waals surface area contributed by atoms with E-state index in [1.807, 2.05) is 18.2 Å². The molecular formula is C24H24I3O2+. The van der Waals surface area contributed by atoms with Gasteiger partial charge in [0.15, 0.2) is 7.14 Å². The summed E-state index contributed by atoms with van der Waals surface area (Å²) in [7, 11) is 0. The number of aromatic hydroxyl groups is 1. The molecular weight excluding hydrogens is 701 g/mol. The first-order valence-corrected chi connectivity index (χ1v) is 13.6. The van der Waals surface area contributed by atoms with E-state index in [0.717, 1.165) is 18.5 Å². The zero-order valence-corrected chi connectivity index (χ0v) is 23.4. The van der Waals surface area contributed by atoms with Crippen molar-refractivity contribution in [3.63, 3.8) is 0 Å². The Bertz CT molecular complexity index is 1010. The third-order valence-electron chi connectivity index (χ3n) is 4.55. The van der Waals surface area contributed by atoms with Crippen molar-refractivity contribution in [2.24, 2.45) is 0 Å². The molecule has 0 aliphatic heterocycles. The Labute approximate surface area is 211 Å². The highest BCUT2D eigenvalue weighted by atomic mass is 127. The summed E-state index contributed by atoms with van der Waals surface area (Å²) in [5.41, 5.74) is 3.64. The van der Waals surface area contributed by atoms with Crippen molar-refractivity contribution in [2.45, 2.75) is 39.7 Å². The highest BCUT2D eigenvalue weighted by molar-refractivity contribution is 14.1. The molecule has 0 heterocycles. The van der Waals surface area contributed by atoms with E-state index in [4.69, 9.17) is 4.74 Å². The molecule has 0 atom stereocenters. The second kappa shape index (κ2) is 9.72. The first-order valence-electron chi connectivity index (χ1n) is 9.29. The smallest absolute Gasteiger partial charge is 0.358 e. The number of aryl methyl sites for hydroxylation is 1. The molecule has 0 bridgehead atoms. The first kappa shape index (κ1) is 23.1. The van der Waals surface area contributed by atoms with Crippen molar-refractivity contribution in [3.05, 3.63) is 85.6 Å². The van der Waals surface area contributed by atoms with Gasteiger partial charge < -0.3 is 9.84 Å². The average molecular weight is 725 g/mol. The zero-order valence-electron chi connectivity index (χ0n) is 16.9. The number of hydrogen-bond donors (Lipinski definition) is 1. The first-order chi connectivity index (χ1) is 13.6. The van der Waals surface area contributed by atoms with Gasteiger partial charge in [-0.15, -0.1) is 0 Å². The highest BCUT2D eigenvalue weighted by Gasteiger charge is 2.20. The number of rotatable bonds is 5. The van der Waals surface area contributed by atoms with E-state index in [2.05, 4.69) is 109 Å². The molecule has 0 aromatic heterocycles. The van der Waals surface area contributed by atoms with Gasteiger partial charge in [-0.05, 0) is 106 Å². The van der Waals surface area contributed by atoms with Crippen LogP contribution in [0.25, 0.3) is 0 Å². The average Bonchev–Trinajstić information content (AvgIpc) is 2.65. The Morgan fingerprint density at radius 1 is 0.966 bits per heavy atom. The Kier molecular flexibility index (Phi) is 7.75. The van der Waals surface area contributed by atoms with Gasteiger partial charge in [-0.3, -0.25) is 0 Å². The van der Waals surface area contributed by atoms with E-state index in [-0.39, 0.29) is 26.6 Å². The second-order valence-electron chi connectivity index (χ2n) is 7.95. The summed E-state index contributed by atoms with van der Waals surface area (Å²) < 4.78 is 10.7. The van der Waals surface area contributed by atoms with Crippen LogP contribution < -0.4 is 25.9 Å². The van der Waals surface area contributed by atoms with Gasteiger partial charge in [-0.1, -0.05) is 32.9 Å². The zero-order chi connectivity index (χ0) is 21.2. The van der Waals surface area contributed by atoms with Crippen LogP contribution >= 0.6 is 45.2 Å². The lowest BCUT2D eigenvalue weighted by atomic mass is 9.87. The molecule has 29 heavy (non-hydrogen) atoms. The van der Waals surface area contributed by atoms with E-state index < -0.39 is 0 Å². The lowest BCUT2D eigenvalue weighted by Crippen LogP contribution is -3.61. The molecule has 0 saturated carbocycles. The molecule has 0 aliphatic carbocycles. The minimum Gasteiger partial charge on any atom is -0.506 e. The van der Waals surface area contributed by atoms with Crippen molar-refractivity contribution < 1.29 is 31.0 Å². The molecule has 152 valence electrons. The Balaban J connectivity index is 1.69. The quantitative estimate of drug-likeness (QED) is 0.405. The SMILES string of the molecule is Cc1cc(OCc2cc(I)cc(I)c2O)ccc1[I+]c1ccc(C(C)(C)C)cc1. The van der Waals surface area contributed by atoms with E-state index >= 15 is 0 Å². The molecule has 3 aromatic carbocycles. The topological polar surface area (TPSA) is 29.5 Å². The van der Waals surface area contributed by atoms with E-state index in [0.29, 0.717) is 12.4 Å². The van der Waals surface area contributed by atoms with Gasteiger partial charge in [0.1, 0.15) is 18.1 Å². The number of halogens is 3. The lowest BCUT2D eigenvalue weighted by Gasteiger charge is -2.18. The van der Waals surface area contributed by atoms with E-state index in [1.165, 1.54) is 18.3 Å². The van der Waals surface area contributed by atoms with E-state index in [1.54, 1.807) is 0 Å². The van der Waals surface area contributed by atoms with Gasteiger partial charge in [0.2, 0.25) is 0 Å². The van der Waals surface area contributed by atoms with Crippen LogP contribution in [0, 0.1) is 21.2 Å². The molecule has 0 amide bonds. The van der Waals surface area contributed by atoms with Gasteiger partial charge in [0, 0.05) is 14.7 Å². The molecule has 0 spiro atoms. The minimum atomic E-state index is -0.221. The molecule has 0 aliphatic rings. The molecule has 3 rings (SSSR count). The largest absolute Gasteiger partial charge is 0.506 e. The lowest BCUT2D eigenvalue weighted by molar-refractivity contribution is -0.598. The highest BCUT2D eigenvalue weighted by Crippen LogP contribution is 2.28. The Morgan fingerprint density at radius 3 is 2.28 bits per heavy atom. The Morgan fingerprint density at radius 2 is 1.66 bits per heavy atom. The van der Waals surface area contributed by atoms with E-state index in [9.17, 15) is 5.11 Å². The number of benzene rings is 3. The summed E-state index contributed by atoms with van der Waals surface area (Å²) in [6.07, 6.45) is 0. The molecule has 5 heteroatoms. The molecule has 0 saturated heterocycles. The van der Waals surface area contributed by atoms with Crippen LogP contribution in [-0.4, -0.2) is 5.11 Å². The summed E-state index contributed by atoms with van der Waals surface area (Å²) in [4.78, 5) is 0. The second-order valence-corrected chi connectivity index (χ2v) is 13.3. The normalized spacial score (nSPS) is 11.5. The molecule has 0 radical (unpaired) electrons. The third-order valence-corrected chi connectivity index (χ3v) is 9.13. The van der Waals surface area contributed by atoms with Crippen LogP contribution in [0.5, 0.6) is 11.5 Å². The van der Waals surface area contributed by atoms with Crippen LogP contribution in [0.3, 0.4) is 0 Å². The van der Waals surface area contributed by atoms with Crippen LogP contribution in [0.2, 0.25) is 0 Å². The van der Waals surface area contributed by atoms with Gasteiger partial charge in [0.05, 0.1) is 3.57 Å². The molecule has 0 unspecified atom stereocenters. The maximum Gasteiger partial charge on any atom is 0.358 e. The summed E-state index contributed by atoms with van der Waals surface area (Å²) in [5, 5.41) is 10.2. The summed E-state index contributed by atoms with van der Waals surface area (Å²) in [6, 6.07) is 19.3. The Hall–Kier alpha value is -0.550. The van der Waals surface area contributed by atoms with Gasteiger partial charge in [0.25, 0.3) is 0 Å². The summed E-state index contributed by atoms with van der Waals surface area (Å²) >= 11 is 4.19. The fraction of sp³-hybridized carbons (Fsp3) is 0.250. The van der Waals surface area contributed by atoms with Crippen molar-refractivity contribution in [1.82, 2.24) is 0 Å². The number of phenols is 1. The van der Waals surface area contributed by atoms with Crippen LogP contribution in [0.4, 0.5) is 0 Å². The maximum absolute atomic E-state index is 10.2. The summed E-state index contributed by atoms with van der Waals surface area (Å²) in [5.74, 6) is 1.15. The van der Waals surface area contributed by atoms with Crippen LogP contribution in [0.1, 0.15) is 37.5 Å². The fourth-order valence-corrected chi connectivity index (χ4v) is 7.13. The molecule has 0 fully saturated rings. The van der Waals surface area contributed by atoms with Gasteiger partial charge >= 0.3 is 21.2 Å². The number of ether oxygens (including phenoxy) is 1. The van der Waals surface area contributed by atoms with Crippen molar-refractivity contribution >= 4 is 45.2 Å². The van der Waals surface area contributed by atoms with Crippen molar-refractivity contribution in [1.29, 1.82) is 0 Å². The van der Waals surface area contributed by atoms with Gasteiger partial charge in [-0.25, -0.2) is 0 Å². The maximum atomic E-state index is 10.2. The number of phenolic OH excluding ortho intramolecular Hbond substituents is 1. The molecule has 2 nitrogen and oxygen atoms in total. The fourth-order valence-electron chi connectivity index (χ4n) is 2.83. The molecule has 1 N–H and O–H groups in total. The summed E-state index contributed by atoms with van der Waals surface area (Å²) in [6.45, 7) is 9.25. The minimum absolute atomic E-state index is 0.190. The van der Waals surface area contributed by atoms with Crippen molar-refractivity contribution in [2.75, 3.05) is 0 Å². The predicted octanol–water partition coefficient (Wildman–Crippen LogP) is 3.91. The van der Waals surface area contributed by atoms with Crippen LogP contribution in [0.15, 0.2) is 54.6 Å².